The van der Waals surface area contributed by atoms with Gasteiger partial charge in [-0.25, -0.2) is 4.98 Å². The van der Waals surface area contributed by atoms with Crippen LogP contribution in [0.3, 0.4) is 0 Å². The first-order valence-electron chi connectivity index (χ1n) is 6.44. The number of nitrogens with zero attached hydrogens (tertiary/aromatic N) is 5. The molecule has 0 aromatic carbocycles. The lowest BCUT2D eigenvalue weighted by molar-refractivity contribution is 0.703. The predicted molar refractivity (Wildman–Crippen MR) is 87.4 cm³/mol. The third kappa shape index (κ3) is 3.03. The number of hydrogen-bond acceptors (Lipinski definition) is 4. The second-order valence-electron chi connectivity index (χ2n) is 4.56. The number of pyridine rings is 1. The van der Waals surface area contributed by atoms with Gasteiger partial charge in [-0.3, -0.25) is 0 Å². The summed E-state index contributed by atoms with van der Waals surface area (Å²) in [4.78, 5) is 4.60. The van der Waals surface area contributed by atoms with Gasteiger partial charge in [0, 0.05) is 29.2 Å². The SMILES string of the molecule is C=CCn1c(C)nnc1SCc1cn2cc(Br)ccc2n1. The lowest BCUT2D eigenvalue weighted by Crippen LogP contribution is -2.00. The van der Waals surface area contributed by atoms with E-state index in [2.05, 4.69) is 37.7 Å². The van der Waals surface area contributed by atoms with Gasteiger partial charge in [-0.05, 0) is 35.0 Å². The molecule has 0 amide bonds. The molecule has 3 heterocycles. The fourth-order valence-electron chi connectivity index (χ4n) is 2.03. The lowest BCUT2D eigenvalue weighted by atomic mass is 10.5. The second kappa shape index (κ2) is 6.03. The van der Waals surface area contributed by atoms with Crippen molar-refractivity contribution in [1.29, 1.82) is 0 Å². The van der Waals surface area contributed by atoms with Gasteiger partial charge in [-0.1, -0.05) is 17.8 Å². The maximum Gasteiger partial charge on any atom is 0.191 e. The Morgan fingerprint density at radius 2 is 2.19 bits per heavy atom. The maximum atomic E-state index is 4.60. The molecule has 21 heavy (non-hydrogen) atoms. The van der Waals surface area contributed by atoms with E-state index < -0.39 is 0 Å². The van der Waals surface area contributed by atoms with E-state index in [0.717, 1.165) is 39.1 Å². The lowest BCUT2D eigenvalue weighted by Gasteiger charge is -2.03. The van der Waals surface area contributed by atoms with Crippen molar-refractivity contribution in [2.24, 2.45) is 0 Å². The largest absolute Gasteiger partial charge is 0.306 e. The molecule has 0 spiro atoms. The van der Waals surface area contributed by atoms with E-state index in [1.807, 2.05) is 46.5 Å². The molecule has 0 N–H and O–H groups in total. The van der Waals surface area contributed by atoms with Gasteiger partial charge < -0.3 is 8.97 Å². The van der Waals surface area contributed by atoms with Crippen molar-refractivity contribution in [3.8, 4) is 0 Å². The molecule has 5 nitrogen and oxygen atoms in total. The minimum absolute atomic E-state index is 0.722. The summed E-state index contributed by atoms with van der Waals surface area (Å²) in [5.41, 5.74) is 1.96. The molecule has 0 radical (unpaired) electrons. The van der Waals surface area contributed by atoms with Gasteiger partial charge in [-0.2, -0.15) is 0 Å². The number of halogens is 1. The molecule has 0 aliphatic rings. The number of aromatic nitrogens is 5. The van der Waals surface area contributed by atoms with Gasteiger partial charge in [0.15, 0.2) is 5.16 Å². The second-order valence-corrected chi connectivity index (χ2v) is 6.42. The molecule has 0 saturated heterocycles. The summed E-state index contributed by atoms with van der Waals surface area (Å²) in [6.07, 6.45) is 5.89. The van der Waals surface area contributed by atoms with E-state index in [0.29, 0.717) is 0 Å². The highest BCUT2D eigenvalue weighted by molar-refractivity contribution is 9.10. The molecular weight excluding hydrogens is 350 g/mol. The van der Waals surface area contributed by atoms with Gasteiger partial charge in [0.25, 0.3) is 0 Å². The molecule has 0 aliphatic carbocycles. The molecule has 0 fully saturated rings. The Balaban J connectivity index is 1.78. The maximum absolute atomic E-state index is 4.60. The Kier molecular flexibility index (Phi) is 4.12. The van der Waals surface area contributed by atoms with Crippen LogP contribution in [0.2, 0.25) is 0 Å². The smallest absolute Gasteiger partial charge is 0.191 e. The molecule has 108 valence electrons. The summed E-state index contributed by atoms with van der Waals surface area (Å²) in [5, 5.41) is 9.21. The Hall–Kier alpha value is -1.60. The van der Waals surface area contributed by atoms with Crippen LogP contribution in [0, 0.1) is 6.92 Å². The van der Waals surface area contributed by atoms with E-state index in [9.17, 15) is 0 Å². The van der Waals surface area contributed by atoms with Crippen LogP contribution < -0.4 is 0 Å². The van der Waals surface area contributed by atoms with E-state index in [-0.39, 0.29) is 0 Å². The van der Waals surface area contributed by atoms with Crippen molar-refractivity contribution in [1.82, 2.24) is 24.1 Å². The summed E-state index contributed by atoms with van der Waals surface area (Å²) in [6.45, 7) is 6.44. The van der Waals surface area contributed by atoms with Crippen molar-refractivity contribution < 1.29 is 0 Å². The zero-order chi connectivity index (χ0) is 14.8. The standard InChI is InChI=1S/C14H14BrN5S/c1-3-6-20-10(2)17-18-14(20)21-9-12-8-19-7-11(15)4-5-13(19)16-12/h3-5,7-8H,1,6,9H2,2H3. The van der Waals surface area contributed by atoms with Crippen molar-refractivity contribution >= 4 is 33.3 Å². The summed E-state index contributed by atoms with van der Waals surface area (Å²) < 4.78 is 5.09. The van der Waals surface area contributed by atoms with Crippen LogP contribution in [0.5, 0.6) is 0 Å². The van der Waals surface area contributed by atoms with Gasteiger partial charge in [0.05, 0.1) is 5.69 Å². The monoisotopic (exact) mass is 363 g/mol. The third-order valence-corrected chi connectivity index (χ3v) is 4.50. The van der Waals surface area contributed by atoms with Gasteiger partial charge in [0.2, 0.25) is 0 Å². The molecular formula is C14H14BrN5S. The van der Waals surface area contributed by atoms with Gasteiger partial charge >= 0.3 is 0 Å². The Labute approximate surface area is 135 Å². The molecule has 0 bridgehead atoms. The van der Waals surface area contributed by atoms with Crippen LogP contribution in [-0.4, -0.2) is 24.1 Å². The van der Waals surface area contributed by atoms with Crippen molar-refractivity contribution in [3.05, 3.63) is 53.2 Å². The van der Waals surface area contributed by atoms with Crippen LogP contribution >= 0.6 is 27.7 Å². The zero-order valence-corrected chi connectivity index (χ0v) is 13.9. The highest BCUT2D eigenvalue weighted by Crippen LogP contribution is 2.22. The summed E-state index contributed by atoms with van der Waals surface area (Å²) in [5.74, 6) is 1.66. The molecule has 0 atom stereocenters. The first-order valence-corrected chi connectivity index (χ1v) is 8.22. The summed E-state index contributed by atoms with van der Waals surface area (Å²) in [6, 6.07) is 3.98. The van der Waals surface area contributed by atoms with Crippen molar-refractivity contribution in [3.63, 3.8) is 0 Å². The number of thioether (sulfide) groups is 1. The topological polar surface area (TPSA) is 48.0 Å². The minimum Gasteiger partial charge on any atom is -0.306 e. The number of fused-ring (bicyclic) bond motifs is 1. The number of hydrogen-bond donors (Lipinski definition) is 0. The van der Waals surface area contributed by atoms with Crippen LogP contribution in [0.15, 0.2) is 46.8 Å². The third-order valence-electron chi connectivity index (χ3n) is 3.03. The molecule has 0 aliphatic heterocycles. The van der Waals surface area contributed by atoms with Gasteiger partial charge in [0.1, 0.15) is 11.5 Å². The number of aryl methyl sites for hydroxylation is 1. The van der Waals surface area contributed by atoms with Crippen molar-refractivity contribution in [2.45, 2.75) is 24.4 Å². The normalized spacial score (nSPS) is 11.1. The van der Waals surface area contributed by atoms with E-state index in [1.165, 1.54) is 0 Å². The molecule has 3 aromatic rings. The van der Waals surface area contributed by atoms with Crippen LogP contribution in [0.4, 0.5) is 0 Å². The fourth-order valence-corrected chi connectivity index (χ4v) is 3.26. The first kappa shape index (κ1) is 14.3. The zero-order valence-electron chi connectivity index (χ0n) is 11.5. The molecule has 0 unspecified atom stereocenters. The number of rotatable bonds is 5. The number of imidazole rings is 1. The molecule has 3 aromatic heterocycles. The van der Waals surface area contributed by atoms with Crippen LogP contribution in [-0.2, 0) is 12.3 Å². The Morgan fingerprint density at radius 3 is 3.00 bits per heavy atom. The van der Waals surface area contributed by atoms with Crippen LogP contribution in [0.25, 0.3) is 5.65 Å². The highest BCUT2D eigenvalue weighted by Gasteiger charge is 2.10. The Bertz CT molecular complexity index is 792. The molecule has 7 heteroatoms. The highest BCUT2D eigenvalue weighted by atomic mass is 79.9. The molecule has 0 saturated carbocycles. The summed E-state index contributed by atoms with van der Waals surface area (Å²) >= 11 is 5.10. The first-order chi connectivity index (χ1) is 10.2. The molecule has 3 rings (SSSR count). The quantitative estimate of drug-likeness (QED) is 0.514. The van der Waals surface area contributed by atoms with Crippen molar-refractivity contribution in [2.75, 3.05) is 0 Å². The Morgan fingerprint density at radius 1 is 1.33 bits per heavy atom. The van der Waals surface area contributed by atoms with E-state index >= 15 is 0 Å². The van der Waals surface area contributed by atoms with E-state index in [4.69, 9.17) is 0 Å². The number of allylic oxidation sites excluding steroid dienone is 1. The summed E-state index contributed by atoms with van der Waals surface area (Å²) in [7, 11) is 0. The predicted octanol–water partition coefficient (Wildman–Crippen LogP) is 3.48. The minimum atomic E-state index is 0.722. The fraction of sp³-hybridized carbons (Fsp3) is 0.214. The average Bonchev–Trinajstić information content (AvgIpc) is 3.01. The average molecular weight is 364 g/mol. The van der Waals surface area contributed by atoms with Crippen LogP contribution in [0.1, 0.15) is 11.5 Å². The van der Waals surface area contributed by atoms with Gasteiger partial charge in [-0.15, -0.1) is 16.8 Å². The van der Waals surface area contributed by atoms with E-state index in [1.54, 1.807) is 11.8 Å².